The molecule has 0 saturated carbocycles. The first-order valence-electron chi connectivity index (χ1n) is 20.2. The van der Waals surface area contributed by atoms with Crippen molar-refractivity contribution >= 4 is 0 Å². The highest BCUT2D eigenvalue weighted by atomic mass is 16.8. The van der Waals surface area contributed by atoms with Crippen LogP contribution in [0.3, 0.4) is 0 Å². The van der Waals surface area contributed by atoms with Gasteiger partial charge in [0.05, 0.1) is 19.3 Å². The Hall–Kier alpha value is -2.94. The summed E-state index contributed by atoms with van der Waals surface area (Å²) in [7, 11) is 0. The van der Waals surface area contributed by atoms with E-state index in [1.54, 1.807) is 0 Å². The van der Waals surface area contributed by atoms with Crippen LogP contribution in [0.2, 0.25) is 0 Å². The van der Waals surface area contributed by atoms with Crippen molar-refractivity contribution in [3.8, 4) is 0 Å². The Labute approximate surface area is 373 Å². The molecule has 386 valence electrons. The minimum atomic E-state index is -2.74. The monoisotopic (exact) mass is 974 g/mol. The number of aliphatic hydroxyl groups excluding tert-OH is 22. The summed E-state index contributed by atoms with van der Waals surface area (Å²) in [6, 6.07) is 0. The molecule has 5 heterocycles. The lowest BCUT2D eigenvalue weighted by atomic mass is 9.96. The SMILES string of the molecule is OCCC1OC(O)/C(O)=C(\O)C(CCO)OC2OC(CO)C(OC3OC(CO)C(OC(O)/C(O)=C(/O)C(CCO)OC(O)C(O)C(O)C(CCO)OC(O)/C(O)=C\1O)C(O)C3O)C(O)C2O. The summed E-state index contributed by atoms with van der Waals surface area (Å²) in [5.74, 6) is -8.92. The molecule has 66 heavy (non-hydrogen) atoms. The lowest BCUT2D eigenvalue weighted by Crippen LogP contribution is -2.65. The molecule has 5 rings (SSSR count). The normalized spacial score (nSPS) is 44.9. The van der Waals surface area contributed by atoms with Gasteiger partial charge < -0.3 is 150 Å². The van der Waals surface area contributed by atoms with Gasteiger partial charge in [-0.1, -0.05) is 0 Å². The molecule has 0 aromatic heterocycles. The second kappa shape index (κ2) is 26.7. The van der Waals surface area contributed by atoms with Gasteiger partial charge in [-0.05, 0) is 6.42 Å². The van der Waals surface area contributed by atoms with Crippen LogP contribution in [0, 0.1) is 0 Å². The van der Waals surface area contributed by atoms with Crippen LogP contribution in [0.5, 0.6) is 0 Å². The summed E-state index contributed by atoms with van der Waals surface area (Å²) >= 11 is 0. The largest absolute Gasteiger partial charge is 0.506 e. The molecule has 0 spiro atoms. The Bertz CT molecular complexity index is 1550. The zero-order valence-corrected chi connectivity index (χ0v) is 34.7. The topological polar surface area (TPSA) is 519 Å². The molecule has 20 atom stereocenters. The first-order chi connectivity index (χ1) is 31.1. The van der Waals surface area contributed by atoms with Crippen molar-refractivity contribution in [2.24, 2.45) is 0 Å². The van der Waals surface area contributed by atoms with E-state index in [0.717, 1.165) is 0 Å². The Morgan fingerprint density at radius 1 is 0.303 bits per heavy atom. The van der Waals surface area contributed by atoms with Crippen LogP contribution in [-0.2, 0) is 37.9 Å². The number of aliphatic hydroxyl groups is 22. The van der Waals surface area contributed by atoms with E-state index in [0.29, 0.717) is 0 Å². The molecule has 20 unspecified atom stereocenters. The second-order valence-electron chi connectivity index (χ2n) is 15.0. The fraction of sp³-hybridized carbons (Fsp3) is 0.833. The summed E-state index contributed by atoms with van der Waals surface area (Å²) < 4.78 is 42.4. The van der Waals surface area contributed by atoms with E-state index < -0.39 is 223 Å². The van der Waals surface area contributed by atoms with Gasteiger partial charge in [0.15, 0.2) is 53.4 Å². The van der Waals surface area contributed by atoms with Crippen molar-refractivity contribution in [3.05, 3.63) is 34.6 Å². The van der Waals surface area contributed by atoms with Crippen molar-refractivity contribution in [3.63, 3.8) is 0 Å². The Morgan fingerprint density at radius 2 is 0.667 bits per heavy atom. The molecule has 2 fully saturated rings. The van der Waals surface area contributed by atoms with Gasteiger partial charge in [-0.3, -0.25) is 0 Å². The molecule has 5 aliphatic rings. The molecule has 0 aliphatic carbocycles. The van der Waals surface area contributed by atoms with Crippen LogP contribution in [0.4, 0.5) is 0 Å². The van der Waals surface area contributed by atoms with Crippen LogP contribution < -0.4 is 0 Å². The number of fused-ring (bicyclic) bond motifs is 2. The molecule has 2 saturated heterocycles. The summed E-state index contributed by atoms with van der Waals surface area (Å²) in [4.78, 5) is 0. The molecule has 0 aromatic carbocycles. The maximum Gasteiger partial charge on any atom is 0.218 e. The van der Waals surface area contributed by atoms with E-state index >= 15 is 0 Å². The minimum absolute atomic E-state index is 0.680. The van der Waals surface area contributed by atoms with Crippen LogP contribution in [-0.4, -0.2) is 275 Å². The third-order valence-corrected chi connectivity index (χ3v) is 10.4. The molecule has 5 aliphatic heterocycles. The highest BCUT2D eigenvalue weighted by Crippen LogP contribution is 2.33. The summed E-state index contributed by atoms with van der Waals surface area (Å²) in [5, 5.41) is 232. The van der Waals surface area contributed by atoms with Gasteiger partial charge >= 0.3 is 0 Å². The van der Waals surface area contributed by atoms with E-state index in [1.165, 1.54) is 0 Å². The first kappa shape index (κ1) is 57.4. The Kier molecular flexibility index (Phi) is 23.2. The fourth-order valence-electron chi connectivity index (χ4n) is 6.76. The number of rotatable bonds is 10. The highest BCUT2D eigenvalue weighted by Gasteiger charge is 2.52. The predicted molar refractivity (Wildman–Crippen MR) is 204 cm³/mol. The Morgan fingerprint density at radius 3 is 1.09 bits per heavy atom. The van der Waals surface area contributed by atoms with Crippen LogP contribution in [0.1, 0.15) is 25.7 Å². The highest BCUT2D eigenvalue weighted by molar-refractivity contribution is 5.11. The minimum Gasteiger partial charge on any atom is -0.506 e. The van der Waals surface area contributed by atoms with E-state index in [4.69, 9.17) is 37.9 Å². The number of hydrogen-bond donors (Lipinski definition) is 22. The van der Waals surface area contributed by atoms with Gasteiger partial charge in [0.2, 0.25) is 18.9 Å². The van der Waals surface area contributed by atoms with Crippen LogP contribution in [0.15, 0.2) is 34.6 Å². The molecule has 30 heteroatoms. The predicted octanol–water partition coefficient (Wildman–Crippen LogP) is -8.30. The average molecular weight is 975 g/mol. The maximum atomic E-state index is 11.1. The molecule has 0 amide bonds. The van der Waals surface area contributed by atoms with Gasteiger partial charge in [-0.15, -0.1) is 0 Å². The van der Waals surface area contributed by atoms with Gasteiger partial charge in [0.1, 0.15) is 79.4 Å². The van der Waals surface area contributed by atoms with E-state index in [9.17, 15) is 112 Å². The zero-order valence-electron chi connectivity index (χ0n) is 34.7. The summed E-state index contributed by atoms with van der Waals surface area (Å²) in [5.41, 5.74) is 0. The van der Waals surface area contributed by atoms with E-state index in [1.807, 2.05) is 0 Å². The molecular weight excluding hydrogens is 912 g/mol. The Balaban J connectivity index is 2.13. The first-order valence-corrected chi connectivity index (χ1v) is 20.2. The smallest absolute Gasteiger partial charge is 0.218 e. The second-order valence-corrected chi connectivity index (χ2v) is 15.0. The molecule has 30 nitrogen and oxygen atoms in total. The molecule has 4 bridgehead atoms. The zero-order chi connectivity index (χ0) is 49.7. The van der Waals surface area contributed by atoms with Gasteiger partial charge in [0.25, 0.3) is 0 Å². The number of hydrogen-bond acceptors (Lipinski definition) is 30. The standard InChI is InChI=1S/C36H62O30/c37-5-1-11-17(43)24(50)32(56)61-13(3-7-39)19(45)26(52)34(58)65-29-15(9-41)64-36(28(54)21(29)47)66-30-16(10-42)63-35(27(53)22(30)48)62-14(4-8-40)20(46)25(51)33(57)60-12(2-6-38)18(44)23(49)31(55)59-11/h11-17,21-22,24,27-58H,1-10H2/b23-18-,25-20+,26-19-. The maximum absolute atomic E-state index is 11.1. The van der Waals surface area contributed by atoms with Crippen molar-refractivity contribution in [2.75, 3.05) is 39.6 Å². The summed E-state index contributed by atoms with van der Waals surface area (Å²) in [6.07, 6.45) is -47.6. The lowest BCUT2D eigenvalue weighted by Gasteiger charge is -2.47. The third kappa shape index (κ3) is 14.1. The molecule has 0 radical (unpaired) electrons. The molecular formula is C36H62O30. The van der Waals surface area contributed by atoms with E-state index in [-0.39, 0.29) is 0 Å². The quantitative estimate of drug-likeness (QED) is 0.0966. The van der Waals surface area contributed by atoms with Crippen molar-refractivity contribution in [1.82, 2.24) is 0 Å². The van der Waals surface area contributed by atoms with Crippen molar-refractivity contribution < 1.29 is 150 Å². The molecule has 0 aromatic rings. The average Bonchev–Trinajstić information content (AvgIpc) is 3.30. The van der Waals surface area contributed by atoms with Crippen LogP contribution >= 0.6 is 0 Å². The number of ether oxygens (including phenoxy) is 8. The van der Waals surface area contributed by atoms with E-state index in [2.05, 4.69) is 0 Å². The fourth-order valence-corrected chi connectivity index (χ4v) is 6.76. The lowest BCUT2D eigenvalue weighted by molar-refractivity contribution is -0.368. The van der Waals surface area contributed by atoms with Gasteiger partial charge in [0, 0.05) is 45.7 Å². The van der Waals surface area contributed by atoms with Gasteiger partial charge in [-0.2, -0.15) is 0 Å². The molecule has 22 N–H and O–H groups in total. The van der Waals surface area contributed by atoms with Crippen molar-refractivity contribution in [1.29, 1.82) is 0 Å². The van der Waals surface area contributed by atoms with Crippen LogP contribution in [0.25, 0.3) is 0 Å². The summed E-state index contributed by atoms with van der Waals surface area (Å²) in [6.45, 7) is -5.75. The van der Waals surface area contributed by atoms with Gasteiger partial charge in [-0.25, -0.2) is 0 Å². The third-order valence-electron chi connectivity index (χ3n) is 10.4. The van der Waals surface area contributed by atoms with Crippen molar-refractivity contribution in [2.45, 2.75) is 149 Å².